The highest BCUT2D eigenvalue weighted by Crippen LogP contribution is 2.54. The molecule has 0 saturated carbocycles. The zero-order chi connectivity index (χ0) is 46.6. The zero-order valence-electron chi connectivity index (χ0n) is 40.0. The summed E-state index contributed by atoms with van der Waals surface area (Å²) in [4.78, 5) is 4.14. The Labute approximate surface area is 391 Å². The average Bonchev–Trinajstić information content (AvgIpc) is 4.15. The molecule has 1 saturated heterocycles. The maximum atomic E-state index is 4.50. The van der Waals surface area contributed by atoms with Crippen molar-refractivity contribution in [1.29, 1.82) is 0 Å². The van der Waals surface area contributed by atoms with Crippen molar-refractivity contribution in [2.75, 3.05) is 7.05 Å². The molecular formula is C62H69N3. The standard InChI is InChI=1S/C41H35N.C16H17N.2C2H6.CH5N/c1-28-14-12-18-32(24-28)34-25-30(3)39(37-23-11-10-15-29(37)2)38(27-34)33-19-13-22-36(26-33)41(35-20-8-5-9-21-35)40(42-41)31-16-6-4-7-17-31;1-17-16(15-10-6-3-7-11-15)13-12-14-8-4-2-5-9-14;3*1-2/h4-27,40,42H,1-3H3;2-6,8-10,13H,1,7,11-12H2;2*1-2H3;2H2,1H3/b;16-13-;;;. The number of hydrogen-bond acceptors (Lipinski definition) is 3. The molecule has 9 rings (SSSR count). The molecule has 1 aliphatic heterocycles. The molecule has 2 atom stereocenters. The third-order valence-corrected chi connectivity index (χ3v) is 11.7. The number of aryl methyl sites for hydroxylation is 3. The van der Waals surface area contributed by atoms with E-state index in [2.05, 4.69) is 238 Å². The molecule has 3 nitrogen and oxygen atoms in total. The largest absolute Gasteiger partial charge is 0.333 e. The van der Waals surface area contributed by atoms with Gasteiger partial charge in [0.05, 0.1) is 17.3 Å². The minimum Gasteiger partial charge on any atom is -0.333 e. The van der Waals surface area contributed by atoms with E-state index in [1.165, 1.54) is 84.9 Å². The zero-order valence-corrected chi connectivity index (χ0v) is 40.0. The molecule has 3 heteroatoms. The van der Waals surface area contributed by atoms with Gasteiger partial charge in [-0.1, -0.05) is 221 Å². The number of allylic oxidation sites excluding steroid dienone is 5. The maximum absolute atomic E-state index is 4.50. The third kappa shape index (κ3) is 12.1. The second-order valence-electron chi connectivity index (χ2n) is 15.7. The quantitative estimate of drug-likeness (QED) is 0.106. The summed E-state index contributed by atoms with van der Waals surface area (Å²) in [5.41, 5.74) is 23.2. The van der Waals surface area contributed by atoms with Crippen LogP contribution >= 0.6 is 0 Å². The van der Waals surface area contributed by atoms with E-state index in [1.807, 2.05) is 33.8 Å². The lowest BCUT2D eigenvalue weighted by molar-refractivity contribution is 0.788. The SMILES string of the molecule is C=N/C(=C\Cc1ccccc1)C1=CC=CCC1.CC.CC.CN.Cc1cccc(-c2cc(C)c(-c3ccccc3C)c(-c3cccc(C4(c5ccccc5)NC4c4ccccc4)c3)c2)c1. The highest BCUT2D eigenvalue weighted by Gasteiger charge is 2.56. The number of nitrogens with zero attached hydrogens (tertiary/aromatic N) is 1. The van der Waals surface area contributed by atoms with Gasteiger partial charge in [0.1, 0.15) is 0 Å². The highest BCUT2D eigenvalue weighted by atomic mass is 15.2. The topological polar surface area (TPSA) is 60.3 Å². The number of nitrogens with two attached hydrogens (primary N) is 1. The molecule has 0 bridgehead atoms. The van der Waals surface area contributed by atoms with Crippen LogP contribution in [0.2, 0.25) is 0 Å². The molecule has 65 heavy (non-hydrogen) atoms. The van der Waals surface area contributed by atoms with Gasteiger partial charge < -0.3 is 5.73 Å². The average molecular weight is 856 g/mol. The summed E-state index contributed by atoms with van der Waals surface area (Å²) in [7, 11) is 1.50. The summed E-state index contributed by atoms with van der Waals surface area (Å²) in [5, 5.41) is 3.92. The highest BCUT2D eigenvalue weighted by molar-refractivity contribution is 5.90. The molecule has 7 aromatic carbocycles. The van der Waals surface area contributed by atoms with Crippen LogP contribution in [0.1, 0.15) is 85.5 Å². The number of hydrogen-bond donors (Lipinski definition) is 2. The molecule has 332 valence electrons. The second kappa shape index (κ2) is 25.0. The lowest BCUT2D eigenvalue weighted by Crippen LogP contribution is -2.15. The van der Waals surface area contributed by atoms with Crippen molar-refractivity contribution >= 4 is 6.72 Å². The monoisotopic (exact) mass is 856 g/mol. The number of rotatable bonds is 10. The van der Waals surface area contributed by atoms with Crippen LogP contribution in [0.15, 0.2) is 216 Å². The molecule has 1 fully saturated rings. The van der Waals surface area contributed by atoms with Crippen LogP contribution in [-0.2, 0) is 12.0 Å². The number of nitrogens with one attached hydrogen (secondary N) is 1. The first-order valence-electron chi connectivity index (χ1n) is 23.4. The van der Waals surface area contributed by atoms with E-state index in [0.29, 0.717) is 0 Å². The fourth-order valence-electron chi connectivity index (χ4n) is 8.62. The van der Waals surface area contributed by atoms with Crippen LogP contribution in [0.4, 0.5) is 0 Å². The summed E-state index contributed by atoms with van der Waals surface area (Å²) < 4.78 is 0. The van der Waals surface area contributed by atoms with Crippen molar-refractivity contribution in [2.45, 2.75) is 79.3 Å². The molecule has 0 amide bonds. The number of aliphatic imine (C=N–C) groups is 1. The molecule has 1 aliphatic carbocycles. The van der Waals surface area contributed by atoms with Gasteiger partial charge in [-0.15, -0.1) is 0 Å². The third-order valence-electron chi connectivity index (χ3n) is 11.7. The molecule has 0 radical (unpaired) electrons. The Hall–Kier alpha value is -6.65. The fraction of sp³-hybridized carbons (Fsp3) is 0.210. The molecular weight excluding hydrogens is 787 g/mol. The van der Waals surface area contributed by atoms with Crippen molar-refractivity contribution in [1.82, 2.24) is 5.32 Å². The molecule has 1 heterocycles. The van der Waals surface area contributed by atoms with Gasteiger partial charge in [-0.2, -0.15) is 0 Å². The van der Waals surface area contributed by atoms with E-state index >= 15 is 0 Å². The van der Waals surface area contributed by atoms with Gasteiger partial charge in [0.2, 0.25) is 0 Å². The van der Waals surface area contributed by atoms with Crippen LogP contribution in [0.25, 0.3) is 33.4 Å². The maximum Gasteiger partial charge on any atom is 0.0894 e. The number of benzene rings is 7. The predicted octanol–water partition coefficient (Wildman–Crippen LogP) is 15.9. The summed E-state index contributed by atoms with van der Waals surface area (Å²) in [6, 6.07) is 63.9. The molecule has 2 aliphatic rings. The van der Waals surface area contributed by atoms with Gasteiger partial charge in [0.15, 0.2) is 0 Å². The van der Waals surface area contributed by atoms with E-state index < -0.39 is 0 Å². The Morgan fingerprint density at radius 3 is 1.89 bits per heavy atom. The van der Waals surface area contributed by atoms with Crippen molar-refractivity contribution in [3.8, 4) is 33.4 Å². The fourth-order valence-corrected chi connectivity index (χ4v) is 8.62. The van der Waals surface area contributed by atoms with E-state index in [-0.39, 0.29) is 11.6 Å². The molecule has 2 unspecified atom stereocenters. The van der Waals surface area contributed by atoms with Crippen LogP contribution in [0.5, 0.6) is 0 Å². The Morgan fingerprint density at radius 1 is 0.631 bits per heavy atom. The van der Waals surface area contributed by atoms with Crippen LogP contribution in [-0.4, -0.2) is 13.8 Å². The Bertz CT molecular complexity index is 2650. The van der Waals surface area contributed by atoms with Gasteiger partial charge in [0, 0.05) is 0 Å². The first-order valence-corrected chi connectivity index (χ1v) is 23.4. The minimum atomic E-state index is -0.273. The smallest absolute Gasteiger partial charge is 0.0894 e. The Kier molecular flexibility index (Phi) is 19.0. The summed E-state index contributed by atoms with van der Waals surface area (Å²) in [6.07, 6.45) is 11.7. The lowest BCUT2D eigenvalue weighted by atomic mass is 9.82. The van der Waals surface area contributed by atoms with Crippen molar-refractivity contribution in [3.05, 3.63) is 250 Å². The lowest BCUT2D eigenvalue weighted by Gasteiger charge is -2.21. The molecule has 7 aromatic rings. The van der Waals surface area contributed by atoms with Crippen molar-refractivity contribution in [2.24, 2.45) is 10.7 Å². The first kappa shape index (κ1) is 49.4. The molecule has 0 spiro atoms. The van der Waals surface area contributed by atoms with Gasteiger partial charge in [-0.3, -0.25) is 10.3 Å². The van der Waals surface area contributed by atoms with Crippen LogP contribution < -0.4 is 11.1 Å². The van der Waals surface area contributed by atoms with E-state index in [0.717, 1.165) is 25.0 Å². The Balaban J connectivity index is 0.000000289. The molecule has 0 aromatic heterocycles. The second-order valence-corrected chi connectivity index (χ2v) is 15.7. The first-order chi connectivity index (χ1) is 31.9. The van der Waals surface area contributed by atoms with Gasteiger partial charge in [-0.25, -0.2) is 0 Å². The van der Waals surface area contributed by atoms with Crippen molar-refractivity contribution < 1.29 is 0 Å². The Morgan fingerprint density at radius 2 is 1.25 bits per heavy atom. The summed E-state index contributed by atoms with van der Waals surface area (Å²) in [5.74, 6) is 0. The van der Waals surface area contributed by atoms with Gasteiger partial charge >= 0.3 is 0 Å². The molecule has 3 N–H and O–H groups in total. The summed E-state index contributed by atoms with van der Waals surface area (Å²) in [6.45, 7) is 18.3. The normalized spacial score (nSPS) is 15.7. The van der Waals surface area contributed by atoms with Crippen molar-refractivity contribution in [3.63, 3.8) is 0 Å². The van der Waals surface area contributed by atoms with Crippen LogP contribution in [0.3, 0.4) is 0 Å². The van der Waals surface area contributed by atoms with Crippen LogP contribution in [0, 0.1) is 20.8 Å². The van der Waals surface area contributed by atoms with Gasteiger partial charge in [-0.05, 0) is 138 Å². The van der Waals surface area contributed by atoms with Gasteiger partial charge in [0.25, 0.3) is 0 Å². The predicted molar refractivity (Wildman–Crippen MR) is 284 cm³/mol. The summed E-state index contributed by atoms with van der Waals surface area (Å²) >= 11 is 0. The minimum absolute atomic E-state index is 0.215. The van der Waals surface area contributed by atoms with E-state index in [9.17, 15) is 0 Å². The van der Waals surface area contributed by atoms with E-state index in [1.54, 1.807) is 0 Å². The van der Waals surface area contributed by atoms with E-state index in [4.69, 9.17) is 0 Å².